The summed E-state index contributed by atoms with van der Waals surface area (Å²) in [6.45, 7) is 0.482. The summed E-state index contributed by atoms with van der Waals surface area (Å²) in [5.74, 6) is 0.696. The van der Waals surface area contributed by atoms with Gasteiger partial charge in [-0.1, -0.05) is 23.7 Å². The zero-order valence-electron chi connectivity index (χ0n) is 6.64. The standard InChI is InChI=1S/C9H7Br2ClO/c10-9(11)5-6-13-8-4-2-1-3-7(8)12/h1-5H,6H2. The summed E-state index contributed by atoms with van der Waals surface area (Å²) in [5.41, 5.74) is 0. The maximum atomic E-state index is 5.87. The highest BCUT2D eigenvalue weighted by Gasteiger charge is 1.97. The van der Waals surface area contributed by atoms with Gasteiger partial charge in [-0.3, -0.25) is 0 Å². The van der Waals surface area contributed by atoms with Gasteiger partial charge in [0.05, 0.1) is 8.41 Å². The van der Waals surface area contributed by atoms with E-state index in [1.165, 1.54) is 0 Å². The van der Waals surface area contributed by atoms with Gasteiger partial charge in [0.25, 0.3) is 0 Å². The number of halogens is 3. The van der Waals surface area contributed by atoms with Crippen LogP contribution in [-0.2, 0) is 0 Å². The Morgan fingerprint density at radius 1 is 1.38 bits per heavy atom. The van der Waals surface area contributed by atoms with Gasteiger partial charge in [0.2, 0.25) is 0 Å². The first kappa shape index (κ1) is 11.1. The second-order valence-electron chi connectivity index (χ2n) is 2.24. The molecule has 0 saturated carbocycles. The summed E-state index contributed by atoms with van der Waals surface area (Å²) in [6, 6.07) is 7.38. The minimum atomic E-state index is 0.482. The summed E-state index contributed by atoms with van der Waals surface area (Å²) in [7, 11) is 0. The SMILES string of the molecule is Clc1ccccc1OCC=C(Br)Br. The van der Waals surface area contributed by atoms with E-state index in [-0.39, 0.29) is 0 Å². The van der Waals surface area contributed by atoms with Gasteiger partial charge in [0.15, 0.2) is 0 Å². The molecular weight excluding hydrogens is 319 g/mol. The van der Waals surface area contributed by atoms with Crippen LogP contribution in [0.3, 0.4) is 0 Å². The number of ether oxygens (including phenoxy) is 1. The zero-order chi connectivity index (χ0) is 9.68. The van der Waals surface area contributed by atoms with Crippen LogP contribution in [0, 0.1) is 0 Å². The molecule has 0 unspecified atom stereocenters. The van der Waals surface area contributed by atoms with Crippen molar-refractivity contribution >= 4 is 43.5 Å². The Labute approximate surface area is 99.0 Å². The normalized spacial score (nSPS) is 9.46. The van der Waals surface area contributed by atoms with E-state index in [4.69, 9.17) is 16.3 Å². The molecule has 13 heavy (non-hydrogen) atoms. The predicted octanol–water partition coefficient (Wildman–Crippen LogP) is 4.35. The molecule has 0 spiro atoms. The van der Waals surface area contributed by atoms with Gasteiger partial charge in [-0.15, -0.1) is 0 Å². The van der Waals surface area contributed by atoms with Gasteiger partial charge in [-0.25, -0.2) is 0 Å². The molecule has 0 atom stereocenters. The van der Waals surface area contributed by atoms with Crippen LogP contribution in [0.25, 0.3) is 0 Å². The Kier molecular flexibility index (Phi) is 4.84. The molecule has 1 aromatic carbocycles. The van der Waals surface area contributed by atoms with E-state index >= 15 is 0 Å². The van der Waals surface area contributed by atoms with Crippen molar-refractivity contribution in [3.8, 4) is 5.75 Å². The lowest BCUT2D eigenvalue weighted by Gasteiger charge is -2.04. The average Bonchev–Trinajstić information content (AvgIpc) is 2.08. The first-order chi connectivity index (χ1) is 6.20. The summed E-state index contributed by atoms with van der Waals surface area (Å²) >= 11 is 12.3. The molecule has 0 fully saturated rings. The highest BCUT2D eigenvalue weighted by atomic mass is 79.9. The molecule has 0 radical (unpaired) electrons. The smallest absolute Gasteiger partial charge is 0.138 e. The van der Waals surface area contributed by atoms with Crippen LogP contribution < -0.4 is 4.74 Å². The molecule has 0 saturated heterocycles. The van der Waals surface area contributed by atoms with Gasteiger partial charge in [-0.2, -0.15) is 0 Å². The molecule has 1 nitrogen and oxygen atoms in total. The predicted molar refractivity (Wildman–Crippen MR) is 62.9 cm³/mol. The van der Waals surface area contributed by atoms with E-state index in [1.54, 1.807) is 6.07 Å². The second kappa shape index (κ2) is 5.68. The Bertz CT molecular complexity index is 308. The van der Waals surface area contributed by atoms with Crippen LogP contribution in [0.15, 0.2) is 33.7 Å². The van der Waals surface area contributed by atoms with Gasteiger partial charge in [0, 0.05) is 0 Å². The number of hydrogen-bond acceptors (Lipinski definition) is 1. The lowest BCUT2D eigenvalue weighted by Crippen LogP contribution is -1.93. The number of benzene rings is 1. The molecule has 0 aliphatic carbocycles. The fraction of sp³-hybridized carbons (Fsp3) is 0.111. The summed E-state index contributed by atoms with van der Waals surface area (Å²) in [4.78, 5) is 0. The maximum absolute atomic E-state index is 5.87. The minimum Gasteiger partial charge on any atom is -0.488 e. The van der Waals surface area contributed by atoms with E-state index in [0.717, 1.165) is 3.39 Å². The Morgan fingerprint density at radius 2 is 2.08 bits per heavy atom. The summed E-state index contributed by atoms with van der Waals surface area (Å²) in [5, 5.41) is 0.626. The van der Waals surface area contributed by atoms with Crippen molar-refractivity contribution in [1.29, 1.82) is 0 Å². The van der Waals surface area contributed by atoms with Crippen molar-refractivity contribution in [3.05, 3.63) is 38.8 Å². The van der Waals surface area contributed by atoms with Crippen LogP contribution >= 0.6 is 43.5 Å². The quantitative estimate of drug-likeness (QED) is 0.802. The van der Waals surface area contributed by atoms with Crippen molar-refractivity contribution in [2.75, 3.05) is 6.61 Å². The molecule has 0 N–H and O–H groups in total. The molecule has 0 amide bonds. The Balaban J connectivity index is 2.55. The molecule has 70 valence electrons. The maximum Gasteiger partial charge on any atom is 0.138 e. The second-order valence-corrected chi connectivity index (χ2v) is 5.42. The van der Waals surface area contributed by atoms with Crippen LogP contribution in [0.1, 0.15) is 0 Å². The summed E-state index contributed by atoms with van der Waals surface area (Å²) in [6.07, 6.45) is 1.85. The van der Waals surface area contributed by atoms with Crippen molar-refractivity contribution in [1.82, 2.24) is 0 Å². The molecular formula is C9H7Br2ClO. The molecule has 0 aliphatic heterocycles. The van der Waals surface area contributed by atoms with E-state index in [0.29, 0.717) is 17.4 Å². The molecule has 0 aliphatic rings. The topological polar surface area (TPSA) is 9.23 Å². The lowest BCUT2D eigenvalue weighted by molar-refractivity contribution is 0.363. The molecule has 0 bridgehead atoms. The third-order valence-electron chi connectivity index (χ3n) is 1.31. The molecule has 4 heteroatoms. The van der Waals surface area contributed by atoms with Crippen LogP contribution in [-0.4, -0.2) is 6.61 Å². The molecule has 1 aromatic rings. The lowest BCUT2D eigenvalue weighted by atomic mass is 10.3. The van der Waals surface area contributed by atoms with Crippen LogP contribution in [0.5, 0.6) is 5.75 Å². The number of para-hydroxylation sites is 1. The molecule has 0 aromatic heterocycles. The third-order valence-corrected chi connectivity index (χ3v) is 2.27. The van der Waals surface area contributed by atoms with Gasteiger partial charge >= 0.3 is 0 Å². The Morgan fingerprint density at radius 3 is 2.69 bits per heavy atom. The first-order valence-corrected chi connectivity index (χ1v) is 5.55. The van der Waals surface area contributed by atoms with E-state index < -0.39 is 0 Å². The van der Waals surface area contributed by atoms with Gasteiger partial charge in [-0.05, 0) is 50.1 Å². The fourth-order valence-electron chi connectivity index (χ4n) is 0.756. The molecule has 0 heterocycles. The summed E-state index contributed by atoms with van der Waals surface area (Å²) < 4.78 is 6.25. The van der Waals surface area contributed by atoms with Crippen molar-refractivity contribution < 1.29 is 4.74 Å². The van der Waals surface area contributed by atoms with Crippen LogP contribution in [0.2, 0.25) is 5.02 Å². The number of rotatable bonds is 3. The van der Waals surface area contributed by atoms with Crippen LogP contribution in [0.4, 0.5) is 0 Å². The Hall–Kier alpha value is 0.01000. The first-order valence-electron chi connectivity index (χ1n) is 3.58. The number of hydrogen-bond donors (Lipinski definition) is 0. The minimum absolute atomic E-state index is 0.482. The fourth-order valence-corrected chi connectivity index (χ4v) is 1.21. The van der Waals surface area contributed by atoms with Crippen molar-refractivity contribution in [3.63, 3.8) is 0 Å². The van der Waals surface area contributed by atoms with Crippen molar-refractivity contribution in [2.24, 2.45) is 0 Å². The third kappa shape index (κ3) is 4.16. The molecule has 1 rings (SSSR count). The van der Waals surface area contributed by atoms with Crippen molar-refractivity contribution in [2.45, 2.75) is 0 Å². The highest BCUT2D eigenvalue weighted by molar-refractivity contribution is 9.28. The monoisotopic (exact) mass is 324 g/mol. The van der Waals surface area contributed by atoms with E-state index in [2.05, 4.69) is 31.9 Å². The highest BCUT2D eigenvalue weighted by Crippen LogP contribution is 2.23. The van der Waals surface area contributed by atoms with Gasteiger partial charge < -0.3 is 4.74 Å². The van der Waals surface area contributed by atoms with E-state index in [9.17, 15) is 0 Å². The van der Waals surface area contributed by atoms with Gasteiger partial charge in [0.1, 0.15) is 12.4 Å². The average molecular weight is 326 g/mol. The largest absolute Gasteiger partial charge is 0.488 e. The van der Waals surface area contributed by atoms with E-state index in [1.807, 2.05) is 24.3 Å². The zero-order valence-corrected chi connectivity index (χ0v) is 10.6.